The summed E-state index contributed by atoms with van der Waals surface area (Å²) in [4.78, 5) is 0. The van der Waals surface area contributed by atoms with E-state index in [1.54, 1.807) is 0 Å². The molecule has 2 unspecified atom stereocenters. The third kappa shape index (κ3) is 2.27. The van der Waals surface area contributed by atoms with Crippen LogP contribution in [0.3, 0.4) is 0 Å². The molecule has 0 saturated heterocycles. The highest BCUT2D eigenvalue weighted by Gasteiger charge is 2.30. The quantitative estimate of drug-likeness (QED) is 0.476. The summed E-state index contributed by atoms with van der Waals surface area (Å²) < 4.78 is 0. The molecule has 0 aromatic rings. The molecular weight excluding hydrogens is 168 g/mol. The number of rotatable bonds is 1. The van der Waals surface area contributed by atoms with Crippen molar-refractivity contribution in [2.75, 3.05) is 0 Å². The maximum atomic E-state index is 9.78. The van der Waals surface area contributed by atoms with E-state index in [0.29, 0.717) is 11.2 Å². The molecule has 0 aromatic carbocycles. The molecule has 1 aliphatic rings. The number of hydrogen-bond acceptors (Lipinski definition) is 2. The van der Waals surface area contributed by atoms with E-state index < -0.39 is 5.60 Å². The lowest BCUT2D eigenvalue weighted by atomic mass is 9.79. The zero-order valence-electron chi connectivity index (χ0n) is 8.04. The predicted octanol–water partition coefficient (Wildman–Crippen LogP) is 2.41. The first-order chi connectivity index (χ1) is 5.41. The van der Waals surface area contributed by atoms with Gasteiger partial charge in [-0.2, -0.15) is 12.6 Å². The van der Waals surface area contributed by atoms with Crippen molar-refractivity contribution in [2.45, 2.75) is 44.5 Å². The highest BCUT2D eigenvalue weighted by Crippen LogP contribution is 2.33. The van der Waals surface area contributed by atoms with Crippen LogP contribution in [-0.4, -0.2) is 16.0 Å². The topological polar surface area (TPSA) is 20.2 Å². The van der Waals surface area contributed by atoms with E-state index in [1.807, 2.05) is 13.8 Å². The van der Waals surface area contributed by atoms with Crippen LogP contribution in [0, 0.1) is 5.92 Å². The summed E-state index contributed by atoms with van der Waals surface area (Å²) in [5.41, 5.74) is 0.789. The Labute approximate surface area is 80.3 Å². The lowest BCUT2D eigenvalue weighted by Crippen LogP contribution is -2.34. The van der Waals surface area contributed by atoms with Crippen LogP contribution < -0.4 is 0 Å². The molecule has 2 heteroatoms. The van der Waals surface area contributed by atoms with E-state index in [2.05, 4.69) is 25.6 Å². The fraction of sp³-hybridized carbons (Fsp3) is 0.800. The molecule has 2 atom stereocenters. The zero-order chi connectivity index (χ0) is 9.35. The van der Waals surface area contributed by atoms with Crippen LogP contribution in [0.15, 0.2) is 11.6 Å². The summed E-state index contributed by atoms with van der Waals surface area (Å²) >= 11 is 4.47. The molecule has 0 fully saturated rings. The molecule has 1 nitrogen and oxygen atoms in total. The van der Waals surface area contributed by atoms with Crippen LogP contribution in [0.2, 0.25) is 0 Å². The Morgan fingerprint density at radius 1 is 1.58 bits per heavy atom. The molecule has 1 rings (SSSR count). The monoisotopic (exact) mass is 186 g/mol. The van der Waals surface area contributed by atoms with Gasteiger partial charge < -0.3 is 5.11 Å². The van der Waals surface area contributed by atoms with Gasteiger partial charge in [0.1, 0.15) is 0 Å². The van der Waals surface area contributed by atoms with E-state index in [9.17, 15) is 5.11 Å². The van der Waals surface area contributed by atoms with Crippen molar-refractivity contribution >= 4 is 12.6 Å². The van der Waals surface area contributed by atoms with Crippen LogP contribution >= 0.6 is 12.6 Å². The SMILES string of the molecule is CC1=CCC(C(C)(C)O)CC1S. The van der Waals surface area contributed by atoms with Gasteiger partial charge in [-0.15, -0.1) is 0 Å². The molecule has 1 aliphatic carbocycles. The molecular formula is C10H18OS. The Morgan fingerprint density at radius 2 is 2.17 bits per heavy atom. The molecule has 0 heterocycles. The van der Waals surface area contributed by atoms with Gasteiger partial charge in [0.15, 0.2) is 0 Å². The average molecular weight is 186 g/mol. The largest absolute Gasteiger partial charge is 0.390 e. The second-order valence-corrected chi connectivity index (χ2v) is 4.91. The van der Waals surface area contributed by atoms with Crippen molar-refractivity contribution in [2.24, 2.45) is 5.92 Å². The number of thiol groups is 1. The van der Waals surface area contributed by atoms with Gasteiger partial charge in [-0.3, -0.25) is 0 Å². The minimum absolute atomic E-state index is 0.343. The van der Waals surface area contributed by atoms with Crippen molar-refractivity contribution < 1.29 is 5.11 Å². The first-order valence-corrected chi connectivity index (χ1v) is 5.00. The first kappa shape index (κ1) is 10.1. The van der Waals surface area contributed by atoms with E-state index in [0.717, 1.165) is 12.8 Å². The van der Waals surface area contributed by atoms with Crippen molar-refractivity contribution in [1.29, 1.82) is 0 Å². The van der Waals surface area contributed by atoms with Crippen LogP contribution in [-0.2, 0) is 0 Å². The molecule has 0 aliphatic heterocycles. The van der Waals surface area contributed by atoms with Crippen LogP contribution in [0.1, 0.15) is 33.6 Å². The maximum Gasteiger partial charge on any atom is 0.0623 e. The molecule has 70 valence electrons. The molecule has 1 N–H and O–H groups in total. The van der Waals surface area contributed by atoms with Gasteiger partial charge in [-0.05, 0) is 39.5 Å². The Balaban J connectivity index is 2.65. The molecule has 0 saturated carbocycles. The average Bonchev–Trinajstić information content (AvgIpc) is 1.92. The summed E-state index contributed by atoms with van der Waals surface area (Å²) in [5.74, 6) is 0.365. The Bertz CT molecular complexity index is 191. The fourth-order valence-electron chi connectivity index (χ4n) is 1.59. The van der Waals surface area contributed by atoms with Crippen LogP contribution in [0.4, 0.5) is 0 Å². The van der Waals surface area contributed by atoms with E-state index in [1.165, 1.54) is 5.57 Å². The third-order valence-corrected chi connectivity index (χ3v) is 3.37. The first-order valence-electron chi connectivity index (χ1n) is 4.48. The zero-order valence-corrected chi connectivity index (χ0v) is 8.94. The van der Waals surface area contributed by atoms with Crippen molar-refractivity contribution in [3.8, 4) is 0 Å². The van der Waals surface area contributed by atoms with Gasteiger partial charge in [0.2, 0.25) is 0 Å². The highest BCUT2D eigenvalue weighted by atomic mass is 32.1. The molecule has 0 spiro atoms. The lowest BCUT2D eigenvalue weighted by Gasteiger charge is -2.34. The van der Waals surface area contributed by atoms with Crippen molar-refractivity contribution in [3.63, 3.8) is 0 Å². The molecule has 0 amide bonds. The van der Waals surface area contributed by atoms with Crippen LogP contribution in [0.5, 0.6) is 0 Å². The maximum absolute atomic E-state index is 9.78. The normalized spacial score (nSPS) is 31.6. The Hall–Kier alpha value is 0.0500. The summed E-state index contributed by atoms with van der Waals surface area (Å²) in [6, 6.07) is 0. The number of aliphatic hydroxyl groups is 1. The van der Waals surface area contributed by atoms with Gasteiger partial charge >= 0.3 is 0 Å². The van der Waals surface area contributed by atoms with Gasteiger partial charge in [0.05, 0.1) is 5.60 Å². The Morgan fingerprint density at radius 3 is 2.58 bits per heavy atom. The molecule has 0 aromatic heterocycles. The second kappa shape index (κ2) is 3.43. The van der Waals surface area contributed by atoms with E-state index in [-0.39, 0.29) is 0 Å². The summed E-state index contributed by atoms with van der Waals surface area (Å²) in [5, 5.41) is 10.1. The van der Waals surface area contributed by atoms with E-state index in [4.69, 9.17) is 0 Å². The fourth-order valence-corrected chi connectivity index (χ4v) is 1.95. The van der Waals surface area contributed by atoms with Crippen molar-refractivity contribution in [1.82, 2.24) is 0 Å². The van der Waals surface area contributed by atoms with Gasteiger partial charge in [0, 0.05) is 5.25 Å². The molecule has 12 heavy (non-hydrogen) atoms. The number of allylic oxidation sites excluding steroid dienone is 1. The standard InChI is InChI=1S/C10H18OS/c1-7-4-5-8(6-9(7)12)10(2,3)11/h4,8-9,11-12H,5-6H2,1-3H3. The number of hydrogen-bond donors (Lipinski definition) is 2. The second-order valence-electron chi connectivity index (χ2n) is 4.29. The van der Waals surface area contributed by atoms with E-state index >= 15 is 0 Å². The minimum atomic E-state index is -0.557. The molecule has 0 radical (unpaired) electrons. The van der Waals surface area contributed by atoms with Gasteiger partial charge in [-0.25, -0.2) is 0 Å². The summed E-state index contributed by atoms with van der Waals surface area (Å²) in [6.07, 6.45) is 4.19. The lowest BCUT2D eigenvalue weighted by molar-refractivity contribution is 0.0133. The Kier molecular flexibility index (Phi) is 2.89. The molecule has 0 bridgehead atoms. The third-order valence-electron chi connectivity index (χ3n) is 2.76. The predicted molar refractivity (Wildman–Crippen MR) is 55.6 cm³/mol. The van der Waals surface area contributed by atoms with Gasteiger partial charge in [0.25, 0.3) is 0 Å². The van der Waals surface area contributed by atoms with Gasteiger partial charge in [-0.1, -0.05) is 11.6 Å². The highest BCUT2D eigenvalue weighted by molar-refractivity contribution is 7.81. The smallest absolute Gasteiger partial charge is 0.0623 e. The summed E-state index contributed by atoms with van der Waals surface area (Å²) in [6.45, 7) is 5.87. The van der Waals surface area contributed by atoms with Crippen molar-refractivity contribution in [3.05, 3.63) is 11.6 Å². The minimum Gasteiger partial charge on any atom is -0.390 e. The van der Waals surface area contributed by atoms with Crippen LogP contribution in [0.25, 0.3) is 0 Å². The summed E-state index contributed by atoms with van der Waals surface area (Å²) in [7, 11) is 0.